The average Bonchev–Trinajstić information content (AvgIpc) is 2.71. The Morgan fingerprint density at radius 3 is 2.00 bits per heavy atom. The molecular weight excluding hydrogens is 336 g/mol. The molecule has 0 fully saturated rings. The Bertz CT molecular complexity index is 716. The fraction of sp³-hybridized carbons (Fsp3) is 0.391. The average molecular weight is 367 g/mol. The summed E-state index contributed by atoms with van der Waals surface area (Å²) in [6.07, 6.45) is 1.72. The maximum atomic E-state index is 13.1. The Morgan fingerprint density at radius 1 is 0.926 bits per heavy atom. The molecule has 27 heavy (non-hydrogen) atoms. The molecule has 0 unspecified atom stereocenters. The van der Waals surface area contributed by atoms with Gasteiger partial charge in [-0.2, -0.15) is 0 Å². The number of nitrogens with one attached hydrogen (secondary N) is 1. The van der Waals surface area contributed by atoms with E-state index in [1.807, 2.05) is 81.4 Å². The molecular formula is C23H30N2O2. The molecule has 0 radical (unpaired) electrons. The second-order valence-electron chi connectivity index (χ2n) is 6.88. The fourth-order valence-electron chi connectivity index (χ4n) is 2.98. The number of nitrogens with zero attached hydrogens (tertiary/aromatic N) is 1. The quantitative estimate of drug-likeness (QED) is 0.730. The summed E-state index contributed by atoms with van der Waals surface area (Å²) in [7, 11) is 0. The van der Waals surface area contributed by atoms with Crippen molar-refractivity contribution < 1.29 is 9.59 Å². The third-order valence-corrected chi connectivity index (χ3v) is 4.77. The number of benzene rings is 2. The Kier molecular flexibility index (Phi) is 8.05. The first kappa shape index (κ1) is 20.7. The molecule has 1 N–H and O–H groups in total. The summed E-state index contributed by atoms with van der Waals surface area (Å²) < 4.78 is 0. The van der Waals surface area contributed by atoms with Crippen molar-refractivity contribution in [3.8, 4) is 0 Å². The van der Waals surface area contributed by atoms with Gasteiger partial charge in [0, 0.05) is 25.4 Å². The van der Waals surface area contributed by atoms with Crippen LogP contribution >= 0.6 is 0 Å². The van der Waals surface area contributed by atoms with Crippen LogP contribution in [0.3, 0.4) is 0 Å². The molecule has 2 atom stereocenters. The second-order valence-corrected chi connectivity index (χ2v) is 6.88. The molecule has 0 spiro atoms. The lowest BCUT2D eigenvalue weighted by molar-refractivity contribution is -0.141. The predicted molar refractivity (Wildman–Crippen MR) is 109 cm³/mol. The highest BCUT2D eigenvalue weighted by molar-refractivity contribution is 5.88. The first-order valence-electron chi connectivity index (χ1n) is 9.72. The lowest BCUT2D eigenvalue weighted by atomic mass is 10.0. The van der Waals surface area contributed by atoms with Crippen molar-refractivity contribution in [1.29, 1.82) is 0 Å². The van der Waals surface area contributed by atoms with Gasteiger partial charge in [-0.1, -0.05) is 74.5 Å². The van der Waals surface area contributed by atoms with Gasteiger partial charge in [-0.25, -0.2) is 0 Å². The molecule has 0 saturated heterocycles. The Labute approximate surface area is 162 Å². The van der Waals surface area contributed by atoms with E-state index >= 15 is 0 Å². The van der Waals surface area contributed by atoms with Crippen LogP contribution in [0.5, 0.6) is 0 Å². The molecule has 0 aromatic heterocycles. The number of carbonyl (C=O) groups excluding carboxylic acids is 2. The number of hydrogen-bond donors (Lipinski definition) is 1. The van der Waals surface area contributed by atoms with E-state index in [2.05, 4.69) is 5.32 Å². The second kappa shape index (κ2) is 10.5. The number of carbonyl (C=O) groups is 2. The lowest BCUT2D eigenvalue weighted by Gasteiger charge is -2.32. The topological polar surface area (TPSA) is 49.4 Å². The summed E-state index contributed by atoms with van der Waals surface area (Å²) in [5.41, 5.74) is 2.07. The summed E-state index contributed by atoms with van der Waals surface area (Å²) in [6.45, 7) is 6.29. The van der Waals surface area contributed by atoms with E-state index < -0.39 is 6.04 Å². The molecule has 4 heteroatoms. The molecule has 4 nitrogen and oxygen atoms in total. The van der Waals surface area contributed by atoms with E-state index in [0.717, 1.165) is 17.5 Å². The molecule has 144 valence electrons. The Hall–Kier alpha value is -2.62. The van der Waals surface area contributed by atoms with Crippen molar-refractivity contribution in [2.75, 3.05) is 0 Å². The summed E-state index contributed by atoms with van der Waals surface area (Å²) in [4.78, 5) is 27.5. The number of rotatable bonds is 9. The Morgan fingerprint density at radius 2 is 1.48 bits per heavy atom. The largest absolute Gasteiger partial charge is 0.352 e. The highest BCUT2D eigenvalue weighted by atomic mass is 16.2. The van der Waals surface area contributed by atoms with Crippen LogP contribution in [0.1, 0.15) is 44.7 Å². The van der Waals surface area contributed by atoms with Crippen LogP contribution in [0.25, 0.3) is 0 Å². The van der Waals surface area contributed by atoms with Crippen molar-refractivity contribution in [2.24, 2.45) is 0 Å². The van der Waals surface area contributed by atoms with E-state index in [9.17, 15) is 9.59 Å². The van der Waals surface area contributed by atoms with Crippen LogP contribution in [0.4, 0.5) is 0 Å². The standard InChI is InChI=1S/C23H30N2O2/c1-4-18(3)24-23(27)21(16-19-12-8-6-9-13-19)25(22(26)5-2)17-20-14-10-7-11-15-20/h6-15,18,21H,4-5,16-17H2,1-3H3,(H,24,27)/t18-,21+/m0/s1. The third-order valence-electron chi connectivity index (χ3n) is 4.77. The SMILES string of the molecule is CCC(=O)N(Cc1ccccc1)[C@H](Cc1ccccc1)C(=O)N[C@@H](C)CC. The molecule has 0 saturated carbocycles. The van der Waals surface area contributed by atoms with Gasteiger partial charge in [-0.15, -0.1) is 0 Å². The lowest BCUT2D eigenvalue weighted by Crippen LogP contribution is -2.52. The molecule has 2 amide bonds. The first-order valence-corrected chi connectivity index (χ1v) is 9.72. The fourth-order valence-corrected chi connectivity index (χ4v) is 2.98. The molecule has 2 aromatic rings. The molecule has 2 aromatic carbocycles. The van der Waals surface area contributed by atoms with E-state index in [-0.39, 0.29) is 17.9 Å². The predicted octanol–water partition coefficient (Wildman–Crippen LogP) is 3.95. The van der Waals surface area contributed by atoms with E-state index in [1.165, 1.54) is 0 Å². The normalized spacial score (nSPS) is 12.9. The smallest absolute Gasteiger partial charge is 0.243 e. The van der Waals surface area contributed by atoms with Gasteiger partial charge in [0.05, 0.1) is 0 Å². The first-order chi connectivity index (χ1) is 13.0. The molecule has 0 bridgehead atoms. The highest BCUT2D eigenvalue weighted by Gasteiger charge is 2.30. The van der Waals surface area contributed by atoms with Crippen LogP contribution in [-0.2, 0) is 22.6 Å². The van der Waals surface area contributed by atoms with Crippen molar-refractivity contribution in [3.05, 3.63) is 71.8 Å². The van der Waals surface area contributed by atoms with Gasteiger partial charge in [0.2, 0.25) is 11.8 Å². The van der Waals surface area contributed by atoms with E-state index in [0.29, 0.717) is 19.4 Å². The molecule has 0 aliphatic carbocycles. The van der Waals surface area contributed by atoms with E-state index in [1.54, 1.807) is 4.90 Å². The summed E-state index contributed by atoms with van der Waals surface area (Å²) >= 11 is 0. The van der Waals surface area contributed by atoms with Crippen molar-refractivity contribution in [3.63, 3.8) is 0 Å². The van der Waals surface area contributed by atoms with Crippen molar-refractivity contribution >= 4 is 11.8 Å². The summed E-state index contributed by atoms with van der Waals surface area (Å²) in [6, 6.07) is 19.3. The summed E-state index contributed by atoms with van der Waals surface area (Å²) in [5, 5.41) is 3.06. The molecule has 0 aliphatic heterocycles. The van der Waals surface area contributed by atoms with Crippen LogP contribution in [0, 0.1) is 0 Å². The minimum atomic E-state index is -0.533. The van der Waals surface area contributed by atoms with Crippen LogP contribution < -0.4 is 5.32 Å². The summed E-state index contributed by atoms with van der Waals surface area (Å²) in [5.74, 6) is -0.106. The van der Waals surface area contributed by atoms with Gasteiger partial charge in [-0.05, 0) is 24.5 Å². The van der Waals surface area contributed by atoms with Gasteiger partial charge in [-0.3, -0.25) is 9.59 Å². The maximum Gasteiger partial charge on any atom is 0.243 e. The zero-order valence-corrected chi connectivity index (χ0v) is 16.5. The van der Waals surface area contributed by atoms with Gasteiger partial charge in [0.1, 0.15) is 6.04 Å². The number of hydrogen-bond acceptors (Lipinski definition) is 2. The van der Waals surface area contributed by atoms with Crippen molar-refractivity contribution in [1.82, 2.24) is 10.2 Å². The van der Waals surface area contributed by atoms with Gasteiger partial charge in [0.15, 0.2) is 0 Å². The monoisotopic (exact) mass is 366 g/mol. The zero-order valence-electron chi connectivity index (χ0n) is 16.5. The maximum absolute atomic E-state index is 13.1. The zero-order chi connectivity index (χ0) is 19.6. The van der Waals surface area contributed by atoms with Gasteiger partial charge < -0.3 is 10.2 Å². The van der Waals surface area contributed by atoms with Gasteiger partial charge >= 0.3 is 0 Å². The molecule has 0 heterocycles. The minimum Gasteiger partial charge on any atom is -0.352 e. The minimum absolute atomic E-state index is 0.0147. The van der Waals surface area contributed by atoms with Gasteiger partial charge in [0.25, 0.3) is 0 Å². The molecule has 2 rings (SSSR count). The van der Waals surface area contributed by atoms with Crippen LogP contribution in [0.15, 0.2) is 60.7 Å². The van der Waals surface area contributed by atoms with Crippen molar-refractivity contribution in [2.45, 2.75) is 58.7 Å². The third kappa shape index (κ3) is 6.24. The highest BCUT2D eigenvalue weighted by Crippen LogP contribution is 2.16. The number of amides is 2. The Balaban J connectivity index is 2.32. The van der Waals surface area contributed by atoms with E-state index in [4.69, 9.17) is 0 Å². The van der Waals surface area contributed by atoms with Crippen LogP contribution in [-0.4, -0.2) is 28.8 Å². The molecule has 0 aliphatic rings. The van der Waals surface area contributed by atoms with Crippen LogP contribution in [0.2, 0.25) is 0 Å².